The molecule has 65 heavy (non-hydrogen) atoms. The molecule has 8 rings (SSSR count). The molecule has 1 fully saturated rings. The Labute approximate surface area is 382 Å². The molecule has 3 aromatic rings. The number of methoxy groups -OCH3 is 2. The molecule has 0 saturated heterocycles. The summed E-state index contributed by atoms with van der Waals surface area (Å²) in [6.45, 7) is 10.3. The van der Waals surface area contributed by atoms with Crippen LogP contribution in [0.5, 0.6) is 23.0 Å². The van der Waals surface area contributed by atoms with Crippen molar-refractivity contribution in [3.63, 3.8) is 0 Å². The summed E-state index contributed by atoms with van der Waals surface area (Å²) < 4.78 is 24.0. The monoisotopic (exact) mass is 880 g/mol. The number of amides is 3. The second-order valence-corrected chi connectivity index (χ2v) is 18.3. The number of ketones is 1. The molecule has 12 nitrogen and oxygen atoms in total. The second-order valence-electron chi connectivity index (χ2n) is 18.3. The third-order valence-corrected chi connectivity index (χ3v) is 12.9. The van der Waals surface area contributed by atoms with Crippen LogP contribution >= 0.6 is 0 Å². The van der Waals surface area contributed by atoms with Gasteiger partial charge in [0.15, 0.2) is 28.8 Å². The van der Waals surface area contributed by atoms with Gasteiger partial charge in [-0.3, -0.25) is 24.2 Å². The molecule has 4 aliphatic heterocycles. The number of carbonyl (C=O) groups is 4. The average Bonchev–Trinajstić information content (AvgIpc) is 3.94. The van der Waals surface area contributed by atoms with E-state index in [4.69, 9.17) is 23.9 Å². The van der Waals surface area contributed by atoms with Crippen molar-refractivity contribution in [3.05, 3.63) is 113 Å². The van der Waals surface area contributed by atoms with Gasteiger partial charge in [0, 0.05) is 49.5 Å². The Morgan fingerprint density at radius 3 is 2.18 bits per heavy atom. The van der Waals surface area contributed by atoms with Gasteiger partial charge in [-0.1, -0.05) is 57.2 Å². The van der Waals surface area contributed by atoms with Gasteiger partial charge in [-0.05, 0) is 115 Å². The number of hydrogen-bond acceptors (Lipinski definition) is 9. The Morgan fingerprint density at radius 2 is 1.51 bits per heavy atom. The molecule has 1 saturated carbocycles. The van der Waals surface area contributed by atoms with E-state index in [1.807, 2.05) is 68.3 Å². The summed E-state index contributed by atoms with van der Waals surface area (Å²) in [6, 6.07) is 14.3. The third kappa shape index (κ3) is 9.96. The van der Waals surface area contributed by atoms with Crippen LogP contribution in [0.3, 0.4) is 0 Å². The van der Waals surface area contributed by atoms with Crippen LogP contribution in [-0.2, 0) is 9.59 Å². The molecule has 5 aliphatic rings. The van der Waals surface area contributed by atoms with Gasteiger partial charge in [-0.2, -0.15) is 0 Å². The van der Waals surface area contributed by atoms with Crippen molar-refractivity contribution in [2.45, 2.75) is 104 Å². The molecule has 1 N–H and O–H groups in total. The zero-order valence-electron chi connectivity index (χ0n) is 38.5. The fourth-order valence-electron chi connectivity index (χ4n) is 9.02. The number of aliphatic imine (C=N–C) groups is 1. The van der Waals surface area contributed by atoms with E-state index in [0.29, 0.717) is 78.2 Å². The number of nitrogens with one attached hydrogen (secondary N) is 1. The molecule has 4 atom stereocenters. The van der Waals surface area contributed by atoms with Crippen LogP contribution in [0.1, 0.15) is 123 Å². The number of fused-ring (bicyclic) bond motifs is 4. The van der Waals surface area contributed by atoms with Crippen molar-refractivity contribution in [3.8, 4) is 23.0 Å². The van der Waals surface area contributed by atoms with Crippen LogP contribution in [0.25, 0.3) is 11.1 Å². The van der Waals surface area contributed by atoms with Gasteiger partial charge in [-0.25, -0.2) is 0 Å². The van der Waals surface area contributed by atoms with Gasteiger partial charge in [0.05, 0.1) is 56.8 Å². The summed E-state index contributed by atoms with van der Waals surface area (Å²) in [4.78, 5) is 61.5. The maximum atomic E-state index is 14.0. The van der Waals surface area contributed by atoms with E-state index in [1.165, 1.54) is 18.4 Å². The fourth-order valence-corrected chi connectivity index (χ4v) is 9.02. The quantitative estimate of drug-likeness (QED) is 0.0854. The van der Waals surface area contributed by atoms with Crippen molar-refractivity contribution < 1.29 is 38.1 Å². The fraction of sp³-hybridized carbons (Fsp3) is 0.415. The van der Waals surface area contributed by atoms with E-state index in [9.17, 15) is 19.2 Å². The number of nitrogens with zero attached hydrogens (tertiary/aromatic N) is 3. The van der Waals surface area contributed by atoms with Gasteiger partial charge in [0.25, 0.3) is 11.8 Å². The van der Waals surface area contributed by atoms with Gasteiger partial charge >= 0.3 is 0 Å². The number of allylic oxidation sites excluding steroid dienone is 2. The lowest BCUT2D eigenvalue weighted by Gasteiger charge is -2.23. The highest BCUT2D eigenvalue weighted by molar-refractivity contribution is 6.06. The second kappa shape index (κ2) is 19.4. The molecule has 4 unspecified atom stereocenters. The summed E-state index contributed by atoms with van der Waals surface area (Å²) in [5.74, 6) is 2.44. The van der Waals surface area contributed by atoms with Crippen LogP contribution in [0.2, 0.25) is 0 Å². The van der Waals surface area contributed by atoms with E-state index in [1.54, 1.807) is 50.5 Å². The van der Waals surface area contributed by atoms with Gasteiger partial charge < -0.3 is 34.1 Å². The minimum Gasteiger partial charge on any atom is -0.493 e. The maximum Gasteiger partial charge on any atom is 0.260 e. The summed E-state index contributed by atoms with van der Waals surface area (Å²) in [6.07, 6.45) is 17.4. The summed E-state index contributed by atoms with van der Waals surface area (Å²) in [7, 11) is 3.14. The lowest BCUT2D eigenvalue weighted by Crippen LogP contribution is -2.38. The number of ether oxygens (including phenoxy) is 4. The molecular formula is C53H60N4O8. The Hall–Kier alpha value is -6.43. The molecule has 340 valence electrons. The molecule has 1 aliphatic carbocycles. The number of rotatable bonds is 16. The third-order valence-electron chi connectivity index (χ3n) is 12.9. The SMILES string of the molecule is COc1cc2c(cc1OCCCOc1cc3c(cc1OC)C(=O)N1C=C(C4CC4)CC1C=CCC3C)N=CC1CC(c3ccc(C(C)=CC(=O)C(C)NC(=O)CC(C)C)cc3)=CN1C2=O. The molecule has 3 amide bonds. The molecule has 0 spiro atoms. The topological polar surface area (TPSA) is 136 Å². The molecule has 3 aromatic carbocycles. The lowest BCUT2D eigenvalue weighted by atomic mass is 9.92. The van der Waals surface area contributed by atoms with Crippen LogP contribution in [0.15, 0.2) is 89.7 Å². The normalized spacial score (nSPS) is 20.6. The Balaban J connectivity index is 0.886. The largest absolute Gasteiger partial charge is 0.493 e. The summed E-state index contributed by atoms with van der Waals surface area (Å²) >= 11 is 0. The standard InChI is InChI=1S/C53H60N4O8/c1-31(2)20-51(59)55-34(5)46(58)21-33(4)35-12-14-36(15-13-35)39-23-41-28-54-45-27-50(48(63-7)26-44(45)53(61)57(41)30-39)65-19-9-18-64-49-24-42-32(3)10-8-11-40-22-38(37-16-17-37)29-56(40)52(60)43(42)25-47(49)62-6/h8,11-15,21,24-32,34,37,40-41H,9-10,16-20,22-23H2,1-7H3,(H,55,59). The van der Waals surface area contributed by atoms with Crippen molar-refractivity contribution >= 4 is 46.6 Å². The molecule has 12 heteroatoms. The highest BCUT2D eigenvalue weighted by Gasteiger charge is 2.38. The maximum absolute atomic E-state index is 14.0. The van der Waals surface area contributed by atoms with Gasteiger partial charge in [0.2, 0.25) is 5.91 Å². The van der Waals surface area contributed by atoms with Crippen molar-refractivity contribution in [1.82, 2.24) is 15.1 Å². The summed E-state index contributed by atoms with van der Waals surface area (Å²) in [5.41, 5.74) is 7.53. The van der Waals surface area contributed by atoms with Gasteiger partial charge in [-0.15, -0.1) is 0 Å². The minimum atomic E-state index is -0.610. The van der Waals surface area contributed by atoms with E-state index < -0.39 is 6.04 Å². The molecule has 0 radical (unpaired) electrons. The predicted octanol–water partition coefficient (Wildman–Crippen LogP) is 9.62. The minimum absolute atomic E-state index is 0.00498. The van der Waals surface area contributed by atoms with Crippen LogP contribution < -0.4 is 24.3 Å². The van der Waals surface area contributed by atoms with Crippen LogP contribution in [0.4, 0.5) is 5.69 Å². The average molecular weight is 881 g/mol. The molecular weight excluding hydrogens is 821 g/mol. The first-order valence-corrected chi connectivity index (χ1v) is 22.9. The van der Waals surface area contributed by atoms with Gasteiger partial charge in [0.1, 0.15) is 0 Å². The van der Waals surface area contributed by atoms with E-state index in [2.05, 4.69) is 30.6 Å². The van der Waals surface area contributed by atoms with Crippen molar-refractivity contribution in [2.24, 2.45) is 16.8 Å². The summed E-state index contributed by atoms with van der Waals surface area (Å²) in [5, 5.41) is 2.79. The number of benzene rings is 3. The van der Waals surface area contributed by atoms with Crippen molar-refractivity contribution in [2.75, 3.05) is 27.4 Å². The first kappa shape index (κ1) is 45.1. The van der Waals surface area contributed by atoms with Crippen LogP contribution in [-0.4, -0.2) is 85.1 Å². The molecule has 0 bridgehead atoms. The highest BCUT2D eigenvalue weighted by atomic mass is 16.5. The highest BCUT2D eigenvalue weighted by Crippen LogP contribution is 2.45. The first-order chi connectivity index (χ1) is 31.3. The zero-order chi connectivity index (χ0) is 45.9. The lowest BCUT2D eigenvalue weighted by molar-refractivity contribution is -0.126. The predicted molar refractivity (Wildman–Crippen MR) is 252 cm³/mol. The van der Waals surface area contributed by atoms with E-state index >= 15 is 0 Å². The Kier molecular flexibility index (Phi) is 13.4. The molecule has 0 aromatic heterocycles. The Bertz CT molecular complexity index is 2510. The van der Waals surface area contributed by atoms with Crippen molar-refractivity contribution in [1.29, 1.82) is 0 Å². The number of hydrogen-bond donors (Lipinski definition) is 1. The first-order valence-electron chi connectivity index (χ1n) is 22.9. The zero-order valence-corrected chi connectivity index (χ0v) is 38.5. The number of carbonyl (C=O) groups excluding carboxylic acids is 4. The van der Waals surface area contributed by atoms with E-state index in [0.717, 1.165) is 40.7 Å². The Morgan fingerprint density at radius 1 is 0.846 bits per heavy atom. The van der Waals surface area contributed by atoms with Crippen LogP contribution in [0, 0.1) is 11.8 Å². The molecule has 4 heterocycles. The smallest absolute Gasteiger partial charge is 0.260 e. The van der Waals surface area contributed by atoms with E-state index in [-0.39, 0.29) is 47.4 Å².